The third-order valence-electron chi connectivity index (χ3n) is 4.63. The van der Waals surface area contributed by atoms with Gasteiger partial charge in [-0.2, -0.15) is 0 Å². The number of amides is 2. The summed E-state index contributed by atoms with van der Waals surface area (Å²) in [5, 5.41) is 9.16. The molecule has 2 aromatic carbocycles. The average molecular weight is 365 g/mol. The molecular formula is C22H27N3O2. The van der Waals surface area contributed by atoms with Crippen LogP contribution >= 0.6 is 0 Å². The Balaban J connectivity index is 1.56. The summed E-state index contributed by atoms with van der Waals surface area (Å²) < 4.78 is 0. The number of carbonyl (C=O) groups excluding carboxylic acids is 2. The SMILES string of the molecule is CC(C)[C@H](NCC(=O)Nc1cccc(C(=O)NC2CC2)c1)c1ccccc1. The van der Waals surface area contributed by atoms with Crippen molar-refractivity contribution in [1.29, 1.82) is 0 Å². The van der Waals surface area contributed by atoms with Crippen LogP contribution < -0.4 is 16.0 Å². The molecule has 2 amide bonds. The van der Waals surface area contributed by atoms with Gasteiger partial charge in [-0.25, -0.2) is 0 Å². The second-order valence-corrected chi connectivity index (χ2v) is 7.39. The molecule has 1 atom stereocenters. The summed E-state index contributed by atoms with van der Waals surface area (Å²) in [5.74, 6) is 0.140. The first kappa shape index (κ1) is 19.1. The fourth-order valence-electron chi connectivity index (χ4n) is 3.04. The summed E-state index contributed by atoms with van der Waals surface area (Å²) in [6.07, 6.45) is 2.10. The molecule has 5 nitrogen and oxygen atoms in total. The van der Waals surface area contributed by atoms with Crippen molar-refractivity contribution in [3.8, 4) is 0 Å². The van der Waals surface area contributed by atoms with E-state index in [0.717, 1.165) is 12.8 Å². The van der Waals surface area contributed by atoms with Crippen LogP contribution in [0.1, 0.15) is 48.7 Å². The van der Waals surface area contributed by atoms with Crippen LogP contribution in [0.4, 0.5) is 5.69 Å². The van der Waals surface area contributed by atoms with E-state index in [4.69, 9.17) is 0 Å². The smallest absolute Gasteiger partial charge is 0.251 e. The lowest BCUT2D eigenvalue weighted by Gasteiger charge is -2.22. The summed E-state index contributed by atoms with van der Waals surface area (Å²) in [5.41, 5.74) is 2.36. The molecule has 0 aromatic heterocycles. The zero-order chi connectivity index (χ0) is 19.2. The molecule has 0 unspecified atom stereocenters. The monoisotopic (exact) mass is 365 g/mol. The fourth-order valence-corrected chi connectivity index (χ4v) is 3.04. The van der Waals surface area contributed by atoms with Gasteiger partial charge in [0.15, 0.2) is 0 Å². The second kappa shape index (κ2) is 8.82. The molecule has 3 rings (SSSR count). The number of carbonyl (C=O) groups is 2. The lowest BCUT2D eigenvalue weighted by Crippen LogP contribution is -2.33. The molecule has 0 aliphatic heterocycles. The highest BCUT2D eigenvalue weighted by Crippen LogP contribution is 2.21. The van der Waals surface area contributed by atoms with Crippen molar-refractivity contribution in [3.05, 3.63) is 65.7 Å². The Morgan fingerprint density at radius 1 is 1.04 bits per heavy atom. The Hall–Kier alpha value is -2.66. The standard InChI is InChI=1S/C22H27N3O2/c1-15(2)21(16-7-4-3-5-8-16)23-14-20(26)24-19-10-6-9-17(13-19)22(27)25-18-11-12-18/h3-10,13,15,18,21,23H,11-12,14H2,1-2H3,(H,24,26)(H,25,27)/t21-/m0/s1. The minimum Gasteiger partial charge on any atom is -0.349 e. The Bertz CT molecular complexity index is 785. The number of hydrogen-bond donors (Lipinski definition) is 3. The highest BCUT2D eigenvalue weighted by atomic mass is 16.2. The molecule has 3 N–H and O–H groups in total. The van der Waals surface area contributed by atoms with E-state index in [1.807, 2.05) is 18.2 Å². The first-order valence-electron chi connectivity index (χ1n) is 9.52. The molecular weight excluding hydrogens is 338 g/mol. The van der Waals surface area contributed by atoms with Crippen LogP contribution in [-0.4, -0.2) is 24.4 Å². The van der Waals surface area contributed by atoms with Crippen molar-refractivity contribution in [1.82, 2.24) is 10.6 Å². The van der Waals surface area contributed by atoms with Crippen LogP contribution in [-0.2, 0) is 4.79 Å². The summed E-state index contributed by atoms with van der Waals surface area (Å²) >= 11 is 0. The predicted octanol–water partition coefficient (Wildman–Crippen LogP) is 3.50. The maximum atomic E-state index is 12.4. The molecule has 1 aliphatic rings. The van der Waals surface area contributed by atoms with E-state index in [9.17, 15) is 9.59 Å². The molecule has 0 radical (unpaired) electrons. The van der Waals surface area contributed by atoms with Crippen LogP contribution in [0.15, 0.2) is 54.6 Å². The Labute approximate surface area is 160 Å². The fraction of sp³-hybridized carbons (Fsp3) is 0.364. The molecule has 0 bridgehead atoms. The zero-order valence-corrected chi connectivity index (χ0v) is 15.9. The summed E-state index contributed by atoms with van der Waals surface area (Å²) in [6.45, 7) is 4.46. The Morgan fingerprint density at radius 2 is 1.78 bits per heavy atom. The number of benzene rings is 2. The van der Waals surface area contributed by atoms with Crippen molar-refractivity contribution in [3.63, 3.8) is 0 Å². The third-order valence-corrected chi connectivity index (χ3v) is 4.63. The van der Waals surface area contributed by atoms with Crippen molar-refractivity contribution >= 4 is 17.5 Å². The van der Waals surface area contributed by atoms with E-state index in [0.29, 0.717) is 23.2 Å². The van der Waals surface area contributed by atoms with Gasteiger partial charge in [-0.1, -0.05) is 50.2 Å². The van der Waals surface area contributed by atoms with Gasteiger partial charge in [-0.05, 0) is 42.5 Å². The second-order valence-electron chi connectivity index (χ2n) is 7.39. The van der Waals surface area contributed by atoms with Crippen LogP contribution in [0.3, 0.4) is 0 Å². The summed E-state index contributed by atoms with van der Waals surface area (Å²) in [4.78, 5) is 24.5. The third kappa shape index (κ3) is 5.66. The lowest BCUT2D eigenvalue weighted by atomic mass is 9.96. The normalized spacial score (nSPS) is 14.6. The molecule has 1 fully saturated rings. The Morgan fingerprint density at radius 3 is 2.44 bits per heavy atom. The van der Waals surface area contributed by atoms with Gasteiger partial charge in [0.1, 0.15) is 0 Å². The van der Waals surface area contributed by atoms with Gasteiger partial charge >= 0.3 is 0 Å². The van der Waals surface area contributed by atoms with Gasteiger partial charge in [0.2, 0.25) is 5.91 Å². The molecule has 1 aliphatic carbocycles. The number of rotatable bonds is 8. The lowest BCUT2D eigenvalue weighted by molar-refractivity contribution is -0.115. The largest absolute Gasteiger partial charge is 0.349 e. The minimum absolute atomic E-state index is 0.0873. The van der Waals surface area contributed by atoms with Gasteiger partial charge in [0, 0.05) is 23.3 Å². The van der Waals surface area contributed by atoms with E-state index in [-0.39, 0.29) is 24.4 Å². The van der Waals surface area contributed by atoms with E-state index in [1.54, 1.807) is 24.3 Å². The summed E-state index contributed by atoms with van der Waals surface area (Å²) in [7, 11) is 0. The molecule has 27 heavy (non-hydrogen) atoms. The maximum absolute atomic E-state index is 12.4. The molecule has 1 saturated carbocycles. The molecule has 5 heteroatoms. The molecule has 0 saturated heterocycles. The number of anilines is 1. The van der Waals surface area contributed by atoms with Crippen molar-refractivity contribution in [2.75, 3.05) is 11.9 Å². The van der Waals surface area contributed by atoms with Gasteiger partial charge in [0.25, 0.3) is 5.91 Å². The first-order valence-corrected chi connectivity index (χ1v) is 9.52. The van der Waals surface area contributed by atoms with E-state index in [1.165, 1.54) is 5.56 Å². The highest BCUT2D eigenvalue weighted by molar-refractivity contribution is 5.97. The number of nitrogens with one attached hydrogen (secondary N) is 3. The maximum Gasteiger partial charge on any atom is 0.251 e. The van der Waals surface area contributed by atoms with Crippen LogP contribution in [0, 0.1) is 5.92 Å². The van der Waals surface area contributed by atoms with Crippen LogP contribution in [0.2, 0.25) is 0 Å². The highest BCUT2D eigenvalue weighted by Gasteiger charge is 2.24. The van der Waals surface area contributed by atoms with E-state index in [2.05, 4.69) is 41.9 Å². The summed E-state index contributed by atoms with van der Waals surface area (Å²) in [6, 6.07) is 17.6. The molecule has 0 heterocycles. The van der Waals surface area contributed by atoms with Crippen LogP contribution in [0.5, 0.6) is 0 Å². The topological polar surface area (TPSA) is 70.2 Å². The van der Waals surface area contributed by atoms with Crippen molar-refractivity contribution in [2.45, 2.75) is 38.8 Å². The molecule has 142 valence electrons. The predicted molar refractivity (Wildman–Crippen MR) is 108 cm³/mol. The van der Waals surface area contributed by atoms with Crippen LogP contribution in [0.25, 0.3) is 0 Å². The van der Waals surface area contributed by atoms with Crippen molar-refractivity contribution < 1.29 is 9.59 Å². The van der Waals surface area contributed by atoms with Gasteiger partial charge < -0.3 is 16.0 Å². The first-order chi connectivity index (χ1) is 13.0. The van der Waals surface area contributed by atoms with Gasteiger partial charge in [-0.3, -0.25) is 9.59 Å². The quantitative estimate of drug-likeness (QED) is 0.670. The van der Waals surface area contributed by atoms with E-state index >= 15 is 0 Å². The zero-order valence-electron chi connectivity index (χ0n) is 15.9. The van der Waals surface area contributed by atoms with E-state index < -0.39 is 0 Å². The number of hydrogen-bond acceptors (Lipinski definition) is 3. The van der Waals surface area contributed by atoms with Gasteiger partial charge in [-0.15, -0.1) is 0 Å². The van der Waals surface area contributed by atoms with Crippen molar-refractivity contribution in [2.24, 2.45) is 5.92 Å². The average Bonchev–Trinajstić information content (AvgIpc) is 3.46. The van der Waals surface area contributed by atoms with Gasteiger partial charge in [0.05, 0.1) is 6.54 Å². The minimum atomic E-state index is -0.128. The molecule has 2 aromatic rings. The molecule has 0 spiro atoms. The Kier molecular flexibility index (Phi) is 6.24.